The number of carbonyl (C=O) groups excluding carboxylic acids is 1. The lowest BCUT2D eigenvalue weighted by atomic mass is 10.1. The Hall–Kier alpha value is -2.71. The van der Waals surface area contributed by atoms with Gasteiger partial charge in [0.25, 0.3) is 0 Å². The number of rotatable bonds is 8. The highest BCUT2D eigenvalue weighted by molar-refractivity contribution is 9.12. The Balaban J connectivity index is 0.000000347. The molecule has 0 fully saturated rings. The molecule has 0 aliphatic heterocycles. The number of benzene rings is 1. The molecule has 5 nitrogen and oxygen atoms in total. The number of likely N-dealkylation sites (N-methyl/N-ethyl adjacent to an activating group) is 1. The van der Waals surface area contributed by atoms with Crippen molar-refractivity contribution in [1.82, 2.24) is 15.3 Å². The molecule has 0 bridgehead atoms. The fraction of sp³-hybridized carbons (Fsp3) is 0.185. The van der Waals surface area contributed by atoms with E-state index >= 15 is 0 Å². The van der Waals surface area contributed by atoms with Crippen molar-refractivity contribution in [3.8, 4) is 0 Å². The number of nitrogens with one attached hydrogen (secondary N) is 2. The van der Waals surface area contributed by atoms with Crippen LogP contribution in [0.25, 0.3) is 22.0 Å². The molecule has 2 heterocycles. The van der Waals surface area contributed by atoms with Crippen LogP contribution in [0.4, 0.5) is 0 Å². The Morgan fingerprint density at radius 2 is 1.94 bits per heavy atom. The Bertz CT molecular complexity index is 1100. The number of H-pyrrole nitrogens is 1. The van der Waals surface area contributed by atoms with E-state index in [1.54, 1.807) is 18.3 Å². The smallest absolute Gasteiger partial charge is 0.181 e. The second kappa shape index (κ2) is 16.8. The molecule has 7 heteroatoms. The molecule has 0 saturated carbocycles. The van der Waals surface area contributed by atoms with Crippen molar-refractivity contribution in [3.05, 3.63) is 101 Å². The van der Waals surface area contributed by atoms with Gasteiger partial charge in [-0.05, 0) is 48.5 Å². The molecule has 0 saturated heterocycles. The molecule has 1 atom stereocenters. The molecule has 3 rings (SSSR count). The molecule has 0 aliphatic carbocycles. The molecule has 0 aliphatic rings. The van der Waals surface area contributed by atoms with E-state index in [1.807, 2.05) is 63.5 Å². The van der Waals surface area contributed by atoms with Crippen LogP contribution in [0.15, 0.2) is 84.7 Å². The van der Waals surface area contributed by atoms with Crippen molar-refractivity contribution in [2.75, 3.05) is 13.6 Å². The molecule has 0 spiro atoms. The van der Waals surface area contributed by atoms with Gasteiger partial charge < -0.3 is 16.0 Å². The number of nitrogens with zero attached hydrogens (tertiary/aromatic N) is 1. The second-order valence-electron chi connectivity index (χ2n) is 6.82. The highest BCUT2D eigenvalue weighted by Crippen LogP contribution is 2.37. The highest BCUT2D eigenvalue weighted by Gasteiger charge is 2.14. The number of pyridine rings is 1. The molecule has 180 valence electrons. The van der Waals surface area contributed by atoms with Crippen LogP contribution < -0.4 is 11.1 Å². The van der Waals surface area contributed by atoms with Crippen LogP contribution in [0.3, 0.4) is 0 Å². The summed E-state index contributed by atoms with van der Waals surface area (Å²) in [5, 5.41) is 4.14. The molecular formula is C27H33BrN4OS. The zero-order chi connectivity index (χ0) is 25.3. The van der Waals surface area contributed by atoms with Gasteiger partial charge in [0.05, 0.1) is 0 Å². The van der Waals surface area contributed by atoms with Gasteiger partial charge in [-0.2, -0.15) is 0 Å². The number of aromatic amines is 1. The van der Waals surface area contributed by atoms with Gasteiger partial charge in [0.15, 0.2) is 5.62 Å². The number of hydrogen-bond acceptors (Lipinski definition) is 5. The number of allylic oxidation sites excluding steroid dienone is 4. The molecule has 0 amide bonds. The van der Waals surface area contributed by atoms with Crippen LogP contribution in [-0.2, 0) is 4.79 Å². The predicted molar refractivity (Wildman–Crippen MR) is 154 cm³/mol. The number of nitrogens with two attached hydrogens (primary N) is 1. The summed E-state index contributed by atoms with van der Waals surface area (Å²) < 4.78 is 0.787. The first-order chi connectivity index (χ1) is 16.5. The van der Waals surface area contributed by atoms with Gasteiger partial charge in [0.2, 0.25) is 0 Å². The molecule has 1 aromatic carbocycles. The number of aromatic nitrogens is 2. The number of fused-ring (bicyclic) bond motifs is 1. The lowest BCUT2D eigenvalue weighted by Gasteiger charge is -2.13. The topological polar surface area (TPSA) is 83.8 Å². The summed E-state index contributed by atoms with van der Waals surface area (Å²) in [5.41, 5.74) is 10.4. The van der Waals surface area contributed by atoms with Gasteiger partial charge >= 0.3 is 0 Å². The Labute approximate surface area is 215 Å². The maximum absolute atomic E-state index is 10.9. The number of carbonyl (C=O) groups is 1. The summed E-state index contributed by atoms with van der Waals surface area (Å²) in [4.78, 5) is 19.2. The Morgan fingerprint density at radius 1 is 1.26 bits per heavy atom. The molecular weight excluding hydrogens is 508 g/mol. The van der Waals surface area contributed by atoms with Crippen molar-refractivity contribution in [3.63, 3.8) is 0 Å². The van der Waals surface area contributed by atoms with Crippen molar-refractivity contribution in [1.29, 1.82) is 0 Å². The van der Waals surface area contributed by atoms with E-state index in [9.17, 15) is 4.79 Å². The summed E-state index contributed by atoms with van der Waals surface area (Å²) in [6.07, 6.45) is 11.0. The summed E-state index contributed by atoms with van der Waals surface area (Å²) in [6.45, 7) is 11.6. The summed E-state index contributed by atoms with van der Waals surface area (Å²) >= 11 is 4.57. The van der Waals surface area contributed by atoms with E-state index in [-0.39, 0.29) is 6.04 Å². The molecule has 2 aromatic heterocycles. The number of hydrogen-bond donors (Lipinski definition) is 3. The maximum Gasteiger partial charge on any atom is 0.181 e. The zero-order valence-corrected chi connectivity index (χ0v) is 22.3. The normalized spacial score (nSPS) is 12.0. The minimum absolute atomic E-state index is 0.288. The SMILES string of the molecule is C=C/C(Br)=C(\SC=O)c1ccnc2[nH]cc(/C=C/C)c12.C=CC.CNC(CN)c1ccccc1. The third kappa shape index (κ3) is 8.57. The standard InChI is InChI=1S/C15H13BrN2OS.C9H14N2.C3H6/c1-3-5-10-8-18-15-13(10)11(6-7-17-15)14(20-9-19)12(16)4-2;1-11-9(7-10)8-5-3-2-4-6-8;1-3-2/h3-9H,2H2,1H3,(H,17,18);2-6,9,11H,7,10H2,1H3;3H,1H2,2H3/b5-3+,14-12+;;. The third-order valence-electron chi connectivity index (χ3n) is 4.54. The molecule has 4 N–H and O–H groups in total. The fourth-order valence-electron chi connectivity index (χ4n) is 3.08. The lowest BCUT2D eigenvalue weighted by Crippen LogP contribution is -2.24. The summed E-state index contributed by atoms with van der Waals surface area (Å²) in [7, 11) is 1.92. The minimum atomic E-state index is 0.288. The van der Waals surface area contributed by atoms with E-state index in [2.05, 4.69) is 56.5 Å². The van der Waals surface area contributed by atoms with Crippen LogP contribution in [0.2, 0.25) is 0 Å². The highest BCUT2D eigenvalue weighted by atomic mass is 79.9. The fourth-order valence-corrected chi connectivity index (χ4v) is 4.16. The van der Waals surface area contributed by atoms with Crippen molar-refractivity contribution < 1.29 is 4.79 Å². The van der Waals surface area contributed by atoms with Gasteiger partial charge in [-0.25, -0.2) is 4.98 Å². The van der Waals surface area contributed by atoms with Gasteiger partial charge in [0, 0.05) is 50.9 Å². The monoisotopic (exact) mass is 540 g/mol. The van der Waals surface area contributed by atoms with E-state index < -0.39 is 0 Å². The first kappa shape index (κ1) is 29.3. The molecule has 1 unspecified atom stereocenters. The van der Waals surface area contributed by atoms with E-state index in [0.717, 1.165) is 48.9 Å². The zero-order valence-electron chi connectivity index (χ0n) is 19.9. The van der Waals surface area contributed by atoms with Crippen molar-refractivity contribution >= 4 is 55.3 Å². The largest absolute Gasteiger partial charge is 0.346 e. The number of thioether (sulfide) groups is 1. The van der Waals surface area contributed by atoms with Crippen LogP contribution in [0.5, 0.6) is 0 Å². The summed E-state index contributed by atoms with van der Waals surface area (Å²) in [5.74, 6) is 0. The molecule has 3 aromatic rings. The first-order valence-electron chi connectivity index (χ1n) is 10.7. The number of halogens is 1. The van der Waals surface area contributed by atoms with Gasteiger partial charge in [-0.15, -0.1) is 6.58 Å². The maximum atomic E-state index is 10.9. The van der Waals surface area contributed by atoms with E-state index in [0.29, 0.717) is 6.54 Å². The van der Waals surface area contributed by atoms with Gasteiger partial charge in [-0.3, -0.25) is 4.79 Å². The van der Waals surface area contributed by atoms with Gasteiger partial charge in [-0.1, -0.05) is 73.0 Å². The average molecular weight is 542 g/mol. The minimum Gasteiger partial charge on any atom is -0.346 e. The quantitative estimate of drug-likeness (QED) is 0.165. The first-order valence-corrected chi connectivity index (χ1v) is 12.4. The Morgan fingerprint density at radius 3 is 2.47 bits per heavy atom. The lowest BCUT2D eigenvalue weighted by molar-refractivity contribution is 0.570. The van der Waals surface area contributed by atoms with E-state index in [4.69, 9.17) is 5.73 Å². The average Bonchev–Trinajstić information content (AvgIpc) is 3.28. The van der Waals surface area contributed by atoms with Crippen LogP contribution in [-0.4, -0.2) is 29.2 Å². The summed E-state index contributed by atoms with van der Waals surface area (Å²) in [6, 6.07) is 12.4. The Kier molecular flexibility index (Phi) is 14.5. The molecule has 34 heavy (non-hydrogen) atoms. The molecule has 0 radical (unpaired) electrons. The van der Waals surface area contributed by atoms with Gasteiger partial charge in [0.1, 0.15) is 5.65 Å². The second-order valence-corrected chi connectivity index (χ2v) is 8.51. The van der Waals surface area contributed by atoms with Crippen LogP contribution in [0, 0.1) is 0 Å². The van der Waals surface area contributed by atoms with Crippen molar-refractivity contribution in [2.24, 2.45) is 5.73 Å². The third-order valence-corrected chi connectivity index (χ3v) is 6.30. The van der Waals surface area contributed by atoms with Crippen LogP contribution >= 0.6 is 27.7 Å². The van der Waals surface area contributed by atoms with Crippen molar-refractivity contribution in [2.45, 2.75) is 19.9 Å². The van der Waals surface area contributed by atoms with E-state index in [1.165, 1.54) is 5.56 Å². The van der Waals surface area contributed by atoms with Crippen LogP contribution in [0.1, 0.15) is 36.6 Å². The predicted octanol–water partition coefficient (Wildman–Crippen LogP) is 6.87.